The maximum Gasteiger partial charge on any atom is 0.343 e. The highest BCUT2D eigenvalue weighted by Crippen LogP contribution is 2.31. The SMILES string of the molecule is COC(=O)COc1ccc(/C=C2/SC(=Nc3ccc(F)cc3)NC2=O)cc1Br. The van der Waals surface area contributed by atoms with Crippen molar-refractivity contribution in [2.24, 2.45) is 4.99 Å². The third-order valence-electron chi connectivity index (χ3n) is 3.54. The van der Waals surface area contributed by atoms with Crippen molar-refractivity contribution in [3.05, 3.63) is 63.2 Å². The molecule has 28 heavy (non-hydrogen) atoms. The van der Waals surface area contributed by atoms with Gasteiger partial charge in [-0.15, -0.1) is 0 Å². The predicted molar refractivity (Wildman–Crippen MR) is 109 cm³/mol. The molecule has 0 saturated carbocycles. The molecule has 1 N–H and O–H groups in total. The summed E-state index contributed by atoms with van der Waals surface area (Å²) in [6.45, 7) is -0.197. The summed E-state index contributed by atoms with van der Waals surface area (Å²) in [5.74, 6) is -0.620. The summed E-state index contributed by atoms with van der Waals surface area (Å²) >= 11 is 4.57. The van der Waals surface area contributed by atoms with Crippen molar-refractivity contribution < 1.29 is 23.5 Å². The minimum atomic E-state index is -0.481. The standard InChI is InChI=1S/C19H14BrFN2O4S/c1-26-17(24)10-27-15-7-2-11(8-14(15)20)9-16-18(25)23-19(28-16)22-13-5-3-12(21)4-6-13/h2-9H,10H2,1H3,(H,22,23,25)/b16-9+. The second kappa shape index (κ2) is 9.03. The van der Waals surface area contributed by atoms with E-state index in [0.717, 1.165) is 5.56 Å². The van der Waals surface area contributed by atoms with Crippen LogP contribution in [-0.4, -0.2) is 30.8 Å². The number of benzene rings is 2. The van der Waals surface area contributed by atoms with Crippen LogP contribution >= 0.6 is 27.7 Å². The quantitative estimate of drug-likeness (QED) is 0.533. The molecular weight excluding hydrogens is 451 g/mol. The Morgan fingerprint density at radius 2 is 2.04 bits per heavy atom. The summed E-state index contributed by atoms with van der Waals surface area (Å²) in [6, 6.07) is 10.9. The van der Waals surface area contributed by atoms with Crippen LogP contribution in [0.15, 0.2) is 56.8 Å². The molecule has 144 valence electrons. The molecule has 9 heteroatoms. The molecule has 0 aromatic heterocycles. The fourth-order valence-electron chi connectivity index (χ4n) is 2.18. The Balaban J connectivity index is 1.72. The van der Waals surface area contributed by atoms with Gasteiger partial charge < -0.3 is 14.8 Å². The number of amides is 1. The molecule has 0 atom stereocenters. The van der Waals surface area contributed by atoms with Crippen LogP contribution < -0.4 is 10.1 Å². The molecule has 2 aromatic rings. The lowest BCUT2D eigenvalue weighted by Crippen LogP contribution is -2.19. The second-order valence-corrected chi connectivity index (χ2v) is 7.40. The van der Waals surface area contributed by atoms with E-state index in [4.69, 9.17) is 4.74 Å². The summed E-state index contributed by atoms with van der Waals surface area (Å²) in [5.41, 5.74) is 1.30. The van der Waals surface area contributed by atoms with Gasteiger partial charge in [0, 0.05) is 0 Å². The number of nitrogens with zero attached hydrogens (tertiary/aromatic N) is 1. The zero-order valence-electron chi connectivity index (χ0n) is 14.6. The first-order chi connectivity index (χ1) is 13.4. The van der Waals surface area contributed by atoms with Crippen molar-refractivity contribution in [3.8, 4) is 5.75 Å². The Hall–Kier alpha value is -2.65. The van der Waals surface area contributed by atoms with Crippen LogP contribution in [0.3, 0.4) is 0 Å². The molecule has 0 radical (unpaired) electrons. The van der Waals surface area contributed by atoms with Gasteiger partial charge in [0.15, 0.2) is 11.8 Å². The van der Waals surface area contributed by atoms with Crippen molar-refractivity contribution in [2.45, 2.75) is 0 Å². The van der Waals surface area contributed by atoms with E-state index in [1.165, 1.54) is 43.1 Å². The summed E-state index contributed by atoms with van der Waals surface area (Å²) in [4.78, 5) is 28.1. The largest absolute Gasteiger partial charge is 0.481 e. The fourth-order valence-corrected chi connectivity index (χ4v) is 3.54. The highest BCUT2D eigenvalue weighted by Gasteiger charge is 2.23. The molecule has 1 saturated heterocycles. The average Bonchev–Trinajstić information content (AvgIpc) is 3.01. The van der Waals surface area contributed by atoms with E-state index in [-0.39, 0.29) is 18.3 Å². The van der Waals surface area contributed by atoms with Gasteiger partial charge in [0.2, 0.25) is 0 Å². The second-order valence-electron chi connectivity index (χ2n) is 5.51. The molecule has 1 aliphatic heterocycles. The van der Waals surface area contributed by atoms with Crippen molar-refractivity contribution >= 4 is 56.5 Å². The van der Waals surface area contributed by atoms with Gasteiger partial charge in [-0.3, -0.25) is 4.79 Å². The molecular formula is C19H14BrFN2O4S. The van der Waals surface area contributed by atoms with Crippen LogP contribution in [0.5, 0.6) is 5.75 Å². The normalized spacial score (nSPS) is 16.3. The first kappa shape index (κ1) is 20.1. The lowest BCUT2D eigenvalue weighted by molar-refractivity contribution is -0.142. The van der Waals surface area contributed by atoms with E-state index < -0.39 is 5.97 Å². The molecule has 3 rings (SSSR count). The number of aliphatic imine (C=N–C) groups is 1. The van der Waals surface area contributed by atoms with E-state index in [1.54, 1.807) is 24.3 Å². The zero-order chi connectivity index (χ0) is 20.1. The summed E-state index contributed by atoms with van der Waals surface area (Å²) < 4.78 is 23.5. The molecule has 0 unspecified atom stereocenters. The lowest BCUT2D eigenvalue weighted by atomic mass is 10.2. The van der Waals surface area contributed by atoms with Crippen LogP contribution in [0.4, 0.5) is 10.1 Å². The molecule has 1 amide bonds. The van der Waals surface area contributed by atoms with Gasteiger partial charge in [-0.2, -0.15) is 0 Å². The summed E-state index contributed by atoms with van der Waals surface area (Å²) in [7, 11) is 1.29. The molecule has 0 spiro atoms. The van der Waals surface area contributed by atoms with E-state index in [2.05, 4.69) is 31.0 Å². The highest BCUT2D eigenvalue weighted by molar-refractivity contribution is 9.10. The van der Waals surface area contributed by atoms with Gasteiger partial charge in [-0.25, -0.2) is 14.2 Å². The predicted octanol–water partition coefficient (Wildman–Crippen LogP) is 4.03. The Morgan fingerprint density at radius 1 is 1.29 bits per heavy atom. The third kappa shape index (κ3) is 5.20. The number of carbonyl (C=O) groups excluding carboxylic acids is 2. The Kier molecular flexibility index (Phi) is 6.48. The number of halogens is 2. The number of hydrogen-bond donors (Lipinski definition) is 1. The monoisotopic (exact) mass is 464 g/mol. The van der Waals surface area contributed by atoms with Crippen LogP contribution in [0, 0.1) is 5.82 Å². The number of methoxy groups -OCH3 is 1. The number of ether oxygens (including phenoxy) is 2. The first-order valence-electron chi connectivity index (χ1n) is 7.99. The van der Waals surface area contributed by atoms with Gasteiger partial charge >= 0.3 is 5.97 Å². The Morgan fingerprint density at radius 3 is 2.71 bits per heavy atom. The topological polar surface area (TPSA) is 77.0 Å². The average molecular weight is 465 g/mol. The lowest BCUT2D eigenvalue weighted by Gasteiger charge is -2.07. The molecule has 2 aromatic carbocycles. The van der Waals surface area contributed by atoms with E-state index >= 15 is 0 Å². The van der Waals surface area contributed by atoms with Crippen LogP contribution in [0.25, 0.3) is 6.08 Å². The maximum atomic E-state index is 13.0. The van der Waals surface area contributed by atoms with Crippen LogP contribution in [0.2, 0.25) is 0 Å². The molecule has 1 heterocycles. The van der Waals surface area contributed by atoms with Crippen LogP contribution in [-0.2, 0) is 14.3 Å². The zero-order valence-corrected chi connectivity index (χ0v) is 17.0. The van der Waals surface area contributed by atoms with E-state index in [9.17, 15) is 14.0 Å². The molecule has 6 nitrogen and oxygen atoms in total. The first-order valence-corrected chi connectivity index (χ1v) is 9.60. The molecule has 1 fully saturated rings. The minimum Gasteiger partial charge on any atom is -0.481 e. The van der Waals surface area contributed by atoms with Crippen molar-refractivity contribution in [1.82, 2.24) is 5.32 Å². The smallest absolute Gasteiger partial charge is 0.343 e. The molecule has 1 aliphatic rings. The van der Waals surface area contributed by atoms with Gasteiger partial charge in [-0.1, -0.05) is 6.07 Å². The van der Waals surface area contributed by atoms with Gasteiger partial charge in [0.05, 0.1) is 22.2 Å². The van der Waals surface area contributed by atoms with Crippen molar-refractivity contribution in [1.29, 1.82) is 0 Å². The minimum absolute atomic E-state index is 0.197. The Bertz CT molecular complexity index is 976. The number of rotatable bonds is 5. The molecule has 0 bridgehead atoms. The maximum absolute atomic E-state index is 13.0. The number of hydrogen-bond acceptors (Lipinski definition) is 6. The number of esters is 1. The van der Waals surface area contributed by atoms with E-state index in [1.807, 2.05) is 0 Å². The number of carbonyl (C=O) groups is 2. The van der Waals surface area contributed by atoms with E-state index in [0.29, 0.717) is 26.0 Å². The van der Waals surface area contributed by atoms with Gasteiger partial charge in [0.25, 0.3) is 5.91 Å². The van der Waals surface area contributed by atoms with Gasteiger partial charge in [0.1, 0.15) is 11.6 Å². The van der Waals surface area contributed by atoms with Crippen molar-refractivity contribution in [3.63, 3.8) is 0 Å². The Labute approximate surface area is 172 Å². The number of nitrogens with one attached hydrogen (secondary N) is 1. The highest BCUT2D eigenvalue weighted by atomic mass is 79.9. The summed E-state index contributed by atoms with van der Waals surface area (Å²) in [6.07, 6.45) is 1.71. The fraction of sp³-hybridized carbons (Fsp3) is 0.105. The van der Waals surface area contributed by atoms with Crippen molar-refractivity contribution in [2.75, 3.05) is 13.7 Å². The summed E-state index contributed by atoms with van der Waals surface area (Å²) in [5, 5.41) is 3.09. The third-order valence-corrected chi connectivity index (χ3v) is 5.06. The van der Waals surface area contributed by atoms with Crippen LogP contribution in [0.1, 0.15) is 5.56 Å². The molecule has 0 aliphatic carbocycles. The number of thioether (sulfide) groups is 1. The number of amidine groups is 1. The van der Waals surface area contributed by atoms with Gasteiger partial charge in [-0.05, 0) is 75.7 Å².